The number of rotatable bonds is 3. The first-order chi connectivity index (χ1) is 17.1. The summed E-state index contributed by atoms with van der Waals surface area (Å²) in [5.41, 5.74) is 1.05. The van der Waals surface area contributed by atoms with Crippen LogP contribution in [0.1, 0.15) is 67.2 Å². The van der Waals surface area contributed by atoms with Gasteiger partial charge in [-0.1, -0.05) is 30.3 Å². The van der Waals surface area contributed by atoms with Gasteiger partial charge in [0.1, 0.15) is 0 Å². The molecule has 6 aliphatic rings. The van der Waals surface area contributed by atoms with E-state index in [9.17, 15) is 15.3 Å². The highest BCUT2D eigenvalue weighted by Crippen LogP contribution is 2.65. The number of carbonyl (C=O) groups excluding carboxylic acids is 1. The lowest BCUT2D eigenvalue weighted by atomic mass is 9.47. The molecule has 2 aromatic rings. The van der Waals surface area contributed by atoms with Crippen LogP contribution in [0.5, 0.6) is 0 Å². The minimum atomic E-state index is -1.40. The predicted molar refractivity (Wildman–Crippen MR) is 130 cm³/mol. The minimum absolute atomic E-state index is 0.256. The number of nitriles is 2. The molecule has 174 valence electrons. The average molecular weight is 461 g/mol. The monoisotopic (exact) mass is 460 g/mol. The Morgan fingerprint density at radius 3 is 2.29 bits per heavy atom. The zero-order valence-electron chi connectivity index (χ0n) is 19.7. The van der Waals surface area contributed by atoms with Gasteiger partial charge in [0.25, 0.3) is 0 Å². The van der Waals surface area contributed by atoms with Crippen LogP contribution >= 0.6 is 0 Å². The molecule has 0 spiro atoms. The van der Waals surface area contributed by atoms with Crippen LogP contribution in [0.4, 0.5) is 0 Å². The fourth-order valence-electron chi connectivity index (χ4n) is 8.95. The van der Waals surface area contributed by atoms with Crippen molar-refractivity contribution in [1.29, 1.82) is 10.5 Å². The molecule has 1 aromatic carbocycles. The first-order valence-corrected chi connectivity index (χ1v) is 12.9. The fraction of sp³-hybridized carbons (Fsp3) is 0.467. The molecule has 35 heavy (non-hydrogen) atoms. The largest absolute Gasteiger partial charge is 0.357 e. The third-order valence-corrected chi connectivity index (χ3v) is 9.82. The van der Waals surface area contributed by atoms with Gasteiger partial charge < -0.3 is 4.90 Å². The standard InChI is InChI=1S/C30H28N4O/c31-17-30(18-32)25(23-5-3-8-33-16-23)26(34-9-7-22-4-1-2-6-24(22)27(30)34)28(35)29-13-19-10-20(14-29)12-21(11-19)15-29/h1-9,16,19-21,25-27H,10-15H2/t19?,20?,21?,25-,26+,27-,29?/m0/s1. The van der Waals surface area contributed by atoms with Gasteiger partial charge in [-0.3, -0.25) is 9.78 Å². The van der Waals surface area contributed by atoms with E-state index in [1.165, 1.54) is 19.3 Å². The Bertz CT molecular complexity index is 1270. The molecule has 5 nitrogen and oxygen atoms in total. The van der Waals surface area contributed by atoms with Crippen molar-refractivity contribution in [2.45, 2.75) is 56.5 Å². The van der Waals surface area contributed by atoms with Crippen LogP contribution in [-0.2, 0) is 4.79 Å². The number of ketones is 1. The molecule has 5 fully saturated rings. The summed E-state index contributed by atoms with van der Waals surface area (Å²) in [4.78, 5) is 21.3. The van der Waals surface area contributed by atoms with Crippen molar-refractivity contribution in [3.05, 3.63) is 71.7 Å². The molecule has 8 rings (SSSR count). The molecule has 5 heteroatoms. The zero-order valence-corrected chi connectivity index (χ0v) is 19.7. The molecule has 3 heterocycles. The molecular formula is C30H28N4O. The summed E-state index contributed by atoms with van der Waals surface area (Å²) in [6.07, 6.45) is 14.2. The number of hydrogen-bond acceptors (Lipinski definition) is 5. The summed E-state index contributed by atoms with van der Waals surface area (Å²) >= 11 is 0. The maximum absolute atomic E-state index is 14.9. The third-order valence-electron chi connectivity index (χ3n) is 9.82. The molecule has 0 amide bonds. The number of aromatic nitrogens is 1. The van der Waals surface area contributed by atoms with E-state index in [0.717, 1.165) is 36.0 Å². The van der Waals surface area contributed by atoms with E-state index in [0.29, 0.717) is 17.8 Å². The van der Waals surface area contributed by atoms with Crippen molar-refractivity contribution in [2.24, 2.45) is 28.6 Å². The lowest BCUT2D eigenvalue weighted by molar-refractivity contribution is -0.148. The van der Waals surface area contributed by atoms with Gasteiger partial charge in [-0.2, -0.15) is 10.5 Å². The highest BCUT2D eigenvalue weighted by Gasteiger charge is 2.67. The van der Waals surface area contributed by atoms with Crippen LogP contribution in [0.15, 0.2) is 55.0 Å². The molecule has 0 N–H and O–H groups in total. The lowest BCUT2D eigenvalue weighted by Crippen LogP contribution is -2.55. The van der Waals surface area contributed by atoms with E-state index in [1.807, 2.05) is 48.7 Å². The number of hydrogen-bond donors (Lipinski definition) is 0. The first-order valence-electron chi connectivity index (χ1n) is 12.9. The summed E-state index contributed by atoms with van der Waals surface area (Å²) in [6, 6.07) is 15.6. The van der Waals surface area contributed by atoms with E-state index >= 15 is 0 Å². The van der Waals surface area contributed by atoms with Crippen LogP contribution in [-0.4, -0.2) is 21.7 Å². The van der Waals surface area contributed by atoms with Gasteiger partial charge in [-0.05, 0) is 85.1 Å². The Kier molecular flexibility index (Phi) is 4.35. The highest BCUT2D eigenvalue weighted by molar-refractivity contribution is 5.92. The quantitative estimate of drug-likeness (QED) is 0.613. The van der Waals surface area contributed by atoms with Crippen molar-refractivity contribution in [3.8, 4) is 12.1 Å². The number of pyridine rings is 1. The SMILES string of the molecule is N#CC1(C#N)[C@@H]2c3ccccc3C=CN2[C@@H](C(=O)C23CC4CC(CC(C4)C2)C3)[C@@H]1c1cccnc1. The van der Waals surface area contributed by atoms with Crippen molar-refractivity contribution >= 4 is 11.9 Å². The molecule has 4 aliphatic carbocycles. The second-order valence-corrected chi connectivity index (χ2v) is 11.7. The van der Waals surface area contributed by atoms with E-state index in [1.54, 1.807) is 12.4 Å². The molecule has 0 unspecified atom stereocenters. The maximum Gasteiger partial charge on any atom is 0.177 e. The van der Waals surface area contributed by atoms with Gasteiger partial charge in [0.05, 0.1) is 24.2 Å². The van der Waals surface area contributed by atoms with E-state index < -0.39 is 23.4 Å². The summed E-state index contributed by atoms with van der Waals surface area (Å²) in [5.74, 6) is 1.63. The normalized spacial score (nSPS) is 37.3. The van der Waals surface area contributed by atoms with Crippen LogP contribution in [0.3, 0.4) is 0 Å². The Labute approximate surface area is 206 Å². The van der Waals surface area contributed by atoms with Gasteiger partial charge in [-0.25, -0.2) is 0 Å². The summed E-state index contributed by atoms with van der Waals surface area (Å²) in [6.45, 7) is 0. The molecule has 4 bridgehead atoms. The van der Waals surface area contributed by atoms with Crippen LogP contribution in [0.25, 0.3) is 6.08 Å². The lowest BCUT2D eigenvalue weighted by Gasteiger charge is -2.57. The van der Waals surface area contributed by atoms with Gasteiger partial charge in [0.15, 0.2) is 11.2 Å². The maximum atomic E-state index is 14.9. The number of Topliss-reactive ketones (excluding diaryl/α,β-unsaturated/α-hetero) is 1. The molecule has 1 aromatic heterocycles. The second kappa shape index (κ2) is 7.28. The predicted octanol–water partition coefficient (Wildman–Crippen LogP) is 5.39. The smallest absolute Gasteiger partial charge is 0.177 e. The van der Waals surface area contributed by atoms with Gasteiger partial charge in [0.2, 0.25) is 0 Å². The van der Waals surface area contributed by atoms with Crippen molar-refractivity contribution in [2.75, 3.05) is 0 Å². The number of carbonyl (C=O) groups is 1. The molecule has 0 radical (unpaired) electrons. The van der Waals surface area contributed by atoms with E-state index in [-0.39, 0.29) is 11.2 Å². The average Bonchev–Trinajstić information content (AvgIpc) is 3.19. The summed E-state index contributed by atoms with van der Waals surface area (Å²) < 4.78 is 0. The van der Waals surface area contributed by atoms with Crippen LogP contribution in [0.2, 0.25) is 0 Å². The molecule has 2 aliphatic heterocycles. The summed E-state index contributed by atoms with van der Waals surface area (Å²) in [5, 5.41) is 21.4. The number of benzene rings is 1. The fourth-order valence-corrected chi connectivity index (χ4v) is 8.95. The van der Waals surface area contributed by atoms with E-state index in [4.69, 9.17) is 0 Å². The molecule has 1 saturated heterocycles. The van der Waals surface area contributed by atoms with Crippen LogP contribution < -0.4 is 0 Å². The Hall–Kier alpha value is -3.44. The highest BCUT2D eigenvalue weighted by atomic mass is 16.1. The molecule has 3 atom stereocenters. The minimum Gasteiger partial charge on any atom is -0.357 e. The van der Waals surface area contributed by atoms with Gasteiger partial charge in [-0.15, -0.1) is 0 Å². The number of fused-ring (bicyclic) bond motifs is 3. The van der Waals surface area contributed by atoms with Gasteiger partial charge >= 0.3 is 0 Å². The second-order valence-electron chi connectivity index (χ2n) is 11.7. The summed E-state index contributed by atoms with van der Waals surface area (Å²) in [7, 11) is 0. The van der Waals surface area contributed by atoms with Crippen LogP contribution in [0, 0.1) is 51.2 Å². The molecular weight excluding hydrogens is 432 g/mol. The topological polar surface area (TPSA) is 80.8 Å². The molecule has 4 saturated carbocycles. The number of nitrogens with zero attached hydrogens (tertiary/aromatic N) is 4. The Balaban J connectivity index is 1.43. The first kappa shape index (κ1) is 20.9. The van der Waals surface area contributed by atoms with Crippen molar-refractivity contribution in [3.63, 3.8) is 0 Å². The zero-order chi connectivity index (χ0) is 23.8. The Morgan fingerprint density at radius 1 is 0.971 bits per heavy atom. The Morgan fingerprint density at radius 2 is 1.66 bits per heavy atom. The van der Waals surface area contributed by atoms with Crippen molar-refractivity contribution in [1.82, 2.24) is 9.88 Å². The third kappa shape index (κ3) is 2.73. The van der Waals surface area contributed by atoms with E-state index in [2.05, 4.69) is 22.0 Å². The van der Waals surface area contributed by atoms with Crippen molar-refractivity contribution < 1.29 is 4.79 Å². The van der Waals surface area contributed by atoms with Gasteiger partial charge in [0, 0.05) is 29.9 Å².